The smallest absolute Gasteiger partial charge is 0.123 e. The van der Waals surface area contributed by atoms with Crippen molar-refractivity contribution in [2.45, 2.75) is 13.0 Å². The Kier molecular flexibility index (Phi) is 4.15. The van der Waals surface area contributed by atoms with Crippen LogP contribution in [0.3, 0.4) is 0 Å². The first kappa shape index (κ1) is 14.0. The molecule has 3 aromatic rings. The van der Waals surface area contributed by atoms with Crippen LogP contribution in [-0.4, -0.2) is 9.55 Å². The lowest BCUT2D eigenvalue weighted by Crippen LogP contribution is -2.05. The van der Waals surface area contributed by atoms with Crippen molar-refractivity contribution >= 4 is 15.9 Å². The minimum Gasteiger partial charge on any atom is -0.330 e. The molecular weight excluding hydrogens is 331 g/mol. The average Bonchev–Trinajstić information content (AvgIpc) is 2.91. The Hall–Kier alpha value is -1.94. The van der Waals surface area contributed by atoms with Crippen LogP contribution in [0.15, 0.2) is 65.4 Å². The van der Waals surface area contributed by atoms with Gasteiger partial charge in [-0.05, 0) is 35.4 Å². The molecule has 0 saturated heterocycles. The minimum absolute atomic E-state index is 0.211. The Labute approximate surface area is 131 Å². The molecule has 0 radical (unpaired) electrons. The van der Waals surface area contributed by atoms with Crippen LogP contribution < -0.4 is 0 Å². The van der Waals surface area contributed by atoms with Gasteiger partial charge in [0.05, 0.1) is 0 Å². The summed E-state index contributed by atoms with van der Waals surface area (Å²) in [7, 11) is 0. The molecule has 3 rings (SSSR count). The molecule has 1 aromatic heterocycles. The zero-order valence-electron chi connectivity index (χ0n) is 11.3. The topological polar surface area (TPSA) is 17.8 Å². The molecule has 2 nitrogen and oxygen atoms in total. The van der Waals surface area contributed by atoms with Gasteiger partial charge in [-0.15, -0.1) is 0 Å². The van der Waals surface area contributed by atoms with Crippen molar-refractivity contribution in [3.8, 4) is 0 Å². The summed E-state index contributed by atoms with van der Waals surface area (Å²) < 4.78 is 16.1. The van der Waals surface area contributed by atoms with Crippen LogP contribution >= 0.6 is 15.9 Å². The fourth-order valence-corrected chi connectivity index (χ4v) is 2.49. The fraction of sp³-hybridized carbons (Fsp3) is 0.118. The molecule has 0 N–H and O–H groups in total. The van der Waals surface area contributed by atoms with Crippen molar-refractivity contribution in [2.75, 3.05) is 0 Å². The third kappa shape index (κ3) is 3.58. The standard InChI is InChI=1S/C17H14BrFN2/c18-15-5-1-14(2-6-15)12-21-10-9-20-17(21)11-13-3-7-16(19)8-4-13/h1-10H,11-12H2. The maximum Gasteiger partial charge on any atom is 0.123 e. The molecule has 0 aliphatic rings. The molecule has 0 atom stereocenters. The van der Waals surface area contributed by atoms with Crippen molar-refractivity contribution in [3.05, 3.63) is 88.2 Å². The van der Waals surface area contributed by atoms with E-state index in [0.717, 1.165) is 22.4 Å². The summed E-state index contributed by atoms with van der Waals surface area (Å²) in [4.78, 5) is 4.41. The summed E-state index contributed by atoms with van der Waals surface area (Å²) in [5.74, 6) is 0.765. The van der Waals surface area contributed by atoms with E-state index >= 15 is 0 Å². The summed E-state index contributed by atoms with van der Waals surface area (Å²) in [5, 5.41) is 0. The lowest BCUT2D eigenvalue weighted by atomic mass is 10.1. The van der Waals surface area contributed by atoms with E-state index in [0.29, 0.717) is 6.42 Å². The van der Waals surface area contributed by atoms with Gasteiger partial charge in [0.15, 0.2) is 0 Å². The van der Waals surface area contributed by atoms with E-state index in [1.165, 1.54) is 17.7 Å². The van der Waals surface area contributed by atoms with Crippen molar-refractivity contribution in [1.29, 1.82) is 0 Å². The molecule has 0 saturated carbocycles. The second-order valence-electron chi connectivity index (χ2n) is 4.90. The highest BCUT2D eigenvalue weighted by Crippen LogP contribution is 2.14. The van der Waals surface area contributed by atoms with Gasteiger partial charge in [-0.25, -0.2) is 9.37 Å². The van der Waals surface area contributed by atoms with Gasteiger partial charge in [0, 0.05) is 29.8 Å². The summed E-state index contributed by atoms with van der Waals surface area (Å²) in [6.07, 6.45) is 4.47. The van der Waals surface area contributed by atoms with Gasteiger partial charge in [0.25, 0.3) is 0 Å². The van der Waals surface area contributed by atoms with E-state index in [4.69, 9.17) is 0 Å². The predicted octanol–water partition coefficient (Wildman–Crippen LogP) is 4.42. The van der Waals surface area contributed by atoms with Gasteiger partial charge in [0.2, 0.25) is 0 Å². The van der Waals surface area contributed by atoms with Gasteiger partial charge in [-0.2, -0.15) is 0 Å². The van der Waals surface area contributed by atoms with E-state index in [9.17, 15) is 4.39 Å². The van der Waals surface area contributed by atoms with Gasteiger partial charge in [-0.1, -0.05) is 40.2 Å². The molecule has 106 valence electrons. The zero-order valence-corrected chi connectivity index (χ0v) is 12.9. The highest BCUT2D eigenvalue weighted by Gasteiger charge is 2.05. The molecule has 0 bridgehead atoms. The van der Waals surface area contributed by atoms with E-state index in [1.807, 2.05) is 18.3 Å². The van der Waals surface area contributed by atoms with Crippen molar-refractivity contribution < 1.29 is 4.39 Å². The normalized spacial score (nSPS) is 10.8. The molecule has 0 aliphatic heterocycles. The van der Waals surface area contributed by atoms with E-state index in [2.05, 4.69) is 37.6 Å². The molecule has 0 fully saturated rings. The Morgan fingerprint density at radius 1 is 0.952 bits per heavy atom. The Bertz CT molecular complexity index is 655. The highest BCUT2D eigenvalue weighted by atomic mass is 79.9. The van der Waals surface area contributed by atoms with E-state index < -0.39 is 0 Å². The van der Waals surface area contributed by atoms with Gasteiger partial charge in [0.1, 0.15) is 11.6 Å². The number of nitrogens with zero attached hydrogens (tertiary/aromatic N) is 2. The fourth-order valence-electron chi connectivity index (χ4n) is 2.22. The molecule has 1 heterocycles. The molecule has 0 aliphatic carbocycles. The molecular formula is C17H14BrFN2. The van der Waals surface area contributed by atoms with Crippen LogP contribution in [0.25, 0.3) is 0 Å². The summed E-state index contributed by atoms with van der Waals surface area (Å²) >= 11 is 3.44. The highest BCUT2D eigenvalue weighted by molar-refractivity contribution is 9.10. The quantitative estimate of drug-likeness (QED) is 0.684. The SMILES string of the molecule is Fc1ccc(Cc2nccn2Cc2ccc(Br)cc2)cc1. The van der Waals surface area contributed by atoms with Gasteiger partial charge < -0.3 is 4.57 Å². The predicted molar refractivity (Wildman–Crippen MR) is 84.7 cm³/mol. The second kappa shape index (κ2) is 6.22. The first-order valence-electron chi connectivity index (χ1n) is 6.69. The third-order valence-electron chi connectivity index (χ3n) is 3.34. The monoisotopic (exact) mass is 344 g/mol. The number of benzene rings is 2. The Morgan fingerprint density at radius 3 is 2.33 bits per heavy atom. The number of hydrogen-bond donors (Lipinski definition) is 0. The summed E-state index contributed by atoms with van der Waals surface area (Å²) in [6, 6.07) is 14.8. The largest absolute Gasteiger partial charge is 0.330 e. The molecule has 21 heavy (non-hydrogen) atoms. The summed E-state index contributed by atoms with van der Waals surface area (Å²) in [6.45, 7) is 0.782. The van der Waals surface area contributed by atoms with Crippen LogP contribution in [-0.2, 0) is 13.0 Å². The van der Waals surface area contributed by atoms with Crippen LogP contribution in [0, 0.1) is 5.82 Å². The average molecular weight is 345 g/mol. The first-order chi connectivity index (χ1) is 10.2. The molecule has 2 aromatic carbocycles. The maximum atomic E-state index is 12.9. The van der Waals surface area contributed by atoms with Gasteiger partial charge >= 0.3 is 0 Å². The van der Waals surface area contributed by atoms with Crippen molar-refractivity contribution in [2.24, 2.45) is 0 Å². The van der Waals surface area contributed by atoms with Crippen LogP contribution in [0.4, 0.5) is 4.39 Å². The third-order valence-corrected chi connectivity index (χ3v) is 3.87. The van der Waals surface area contributed by atoms with E-state index in [1.54, 1.807) is 18.3 Å². The Morgan fingerprint density at radius 2 is 1.62 bits per heavy atom. The summed E-state index contributed by atoms with van der Waals surface area (Å²) in [5.41, 5.74) is 2.27. The van der Waals surface area contributed by atoms with Crippen LogP contribution in [0.1, 0.15) is 17.0 Å². The number of rotatable bonds is 4. The maximum absolute atomic E-state index is 12.9. The molecule has 0 amide bonds. The Balaban J connectivity index is 1.77. The second-order valence-corrected chi connectivity index (χ2v) is 5.82. The number of imidazole rings is 1. The van der Waals surface area contributed by atoms with Crippen LogP contribution in [0.5, 0.6) is 0 Å². The van der Waals surface area contributed by atoms with Gasteiger partial charge in [-0.3, -0.25) is 0 Å². The zero-order chi connectivity index (χ0) is 14.7. The molecule has 0 spiro atoms. The molecule has 0 unspecified atom stereocenters. The van der Waals surface area contributed by atoms with Crippen molar-refractivity contribution in [3.63, 3.8) is 0 Å². The number of halogens is 2. The minimum atomic E-state index is -0.211. The number of aromatic nitrogens is 2. The molecule has 4 heteroatoms. The first-order valence-corrected chi connectivity index (χ1v) is 7.49. The van der Waals surface area contributed by atoms with Crippen LogP contribution in [0.2, 0.25) is 0 Å². The lowest BCUT2D eigenvalue weighted by molar-refractivity contribution is 0.627. The number of hydrogen-bond acceptors (Lipinski definition) is 1. The van der Waals surface area contributed by atoms with E-state index in [-0.39, 0.29) is 5.82 Å². The van der Waals surface area contributed by atoms with Crippen molar-refractivity contribution in [1.82, 2.24) is 9.55 Å². The lowest BCUT2D eigenvalue weighted by Gasteiger charge is -2.08.